The van der Waals surface area contributed by atoms with Gasteiger partial charge in [0.2, 0.25) is 0 Å². The number of benzene rings is 1. The summed E-state index contributed by atoms with van der Waals surface area (Å²) in [6.07, 6.45) is 12.8. The van der Waals surface area contributed by atoms with Crippen molar-refractivity contribution < 1.29 is 9.13 Å². The van der Waals surface area contributed by atoms with E-state index < -0.39 is 0 Å². The quantitative estimate of drug-likeness (QED) is 0.145. The fourth-order valence-electron chi connectivity index (χ4n) is 4.56. The first-order valence-corrected chi connectivity index (χ1v) is 12.3. The molecule has 182 valence electrons. The standard InChI is InChI=1S/C25H41FN4O.HI/c1-27-25(28-16-6-7-19-31-24-8-4-2-3-5-9-24)29-23-14-17-30(18-15-23)20-21-10-12-22(26)13-11-21;/h10-13,23-24H,2-9,14-20H2,1H3,(H2,27,28,29);1H. The van der Waals surface area contributed by atoms with Crippen molar-refractivity contribution in [1.29, 1.82) is 0 Å². The minimum absolute atomic E-state index is 0. The lowest BCUT2D eigenvalue weighted by molar-refractivity contribution is 0.0411. The van der Waals surface area contributed by atoms with Crippen LogP contribution in [0.1, 0.15) is 69.8 Å². The number of hydrogen-bond donors (Lipinski definition) is 2. The zero-order valence-electron chi connectivity index (χ0n) is 19.7. The van der Waals surface area contributed by atoms with Crippen molar-refractivity contribution in [2.75, 3.05) is 33.3 Å². The number of guanidine groups is 1. The number of piperidine rings is 1. The molecule has 2 aliphatic rings. The molecule has 5 nitrogen and oxygen atoms in total. The Balaban J connectivity index is 0.00000363. The molecule has 1 heterocycles. The van der Waals surface area contributed by atoms with Crippen LogP contribution < -0.4 is 10.6 Å². The molecule has 1 aliphatic carbocycles. The van der Waals surface area contributed by atoms with E-state index in [1.807, 2.05) is 19.2 Å². The molecule has 1 aliphatic heterocycles. The minimum Gasteiger partial charge on any atom is -0.378 e. The van der Waals surface area contributed by atoms with Gasteiger partial charge in [0.25, 0.3) is 0 Å². The molecule has 2 fully saturated rings. The maximum atomic E-state index is 13.1. The summed E-state index contributed by atoms with van der Waals surface area (Å²) in [4.78, 5) is 6.83. The van der Waals surface area contributed by atoms with Crippen LogP contribution in [-0.4, -0.2) is 56.3 Å². The second-order valence-corrected chi connectivity index (χ2v) is 9.01. The van der Waals surface area contributed by atoms with E-state index in [9.17, 15) is 4.39 Å². The monoisotopic (exact) mass is 560 g/mol. The van der Waals surface area contributed by atoms with Crippen molar-refractivity contribution in [2.45, 2.75) is 82.9 Å². The molecule has 1 saturated carbocycles. The fraction of sp³-hybridized carbons (Fsp3) is 0.720. The van der Waals surface area contributed by atoms with Crippen LogP contribution in [0.4, 0.5) is 4.39 Å². The maximum absolute atomic E-state index is 13.1. The Bertz CT molecular complexity index is 642. The first kappa shape index (κ1) is 27.3. The van der Waals surface area contributed by atoms with Gasteiger partial charge < -0.3 is 15.4 Å². The SMILES string of the molecule is CN=C(NCCCCOC1CCCCCC1)NC1CCN(Cc2ccc(F)cc2)CC1.I. The molecule has 2 N–H and O–H groups in total. The number of halogens is 2. The molecule has 0 bridgehead atoms. The van der Waals surface area contributed by atoms with Crippen molar-refractivity contribution in [3.8, 4) is 0 Å². The van der Waals surface area contributed by atoms with Gasteiger partial charge >= 0.3 is 0 Å². The zero-order chi connectivity index (χ0) is 21.7. The van der Waals surface area contributed by atoms with Gasteiger partial charge in [-0.2, -0.15) is 0 Å². The summed E-state index contributed by atoms with van der Waals surface area (Å²) >= 11 is 0. The predicted octanol–water partition coefficient (Wildman–Crippen LogP) is 5.09. The summed E-state index contributed by atoms with van der Waals surface area (Å²) in [5.41, 5.74) is 1.17. The fourth-order valence-corrected chi connectivity index (χ4v) is 4.56. The highest BCUT2D eigenvalue weighted by Gasteiger charge is 2.20. The Morgan fingerprint density at radius 2 is 1.72 bits per heavy atom. The normalized spacial score (nSPS) is 19.2. The number of likely N-dealkylation sites (tertiary alicyclic amines) is 1. The molecule has 0 amide bonds. The summed E-state index contributed by atoms with van der Waals surface area (Å²) in [6.45, 7) is 4.79. The van der Waals surface area contributed by atoms with Crippen LogP contribution in [0.2, 0.25) is 0 Å². The van der Waals surface area contributed by atoms with Gasteiger partial charge in [-0.25, -0.2) is 4.39 Å². The number of ether oxygens (including phenoxy) is 1. The van der Waals surface area contributed by atoms with Crippen molar-refractivity contribution >= 4 is 29.9 Å². The van der Waals surface area contributed by atoms with E-state index in [1.54, 1.807) is 12.1 Å². The van der Waals surface area contributed by atoms with E-state index in [4.69, 9.17) is 4.74 Å². The zero-order valence-corrected chi connectivity index (χ0v) is 22.0. The highest BCUT2D eigenvalue weighted by molar-refractivity contribution is 14.0. The lowest BCUT2D eigenvalue weighted by atomic mass is 10.0. The van der Waals surface area contributed by atoms with E-state index in [-0.39, 0.29) is 29.8 Å². The van der Waals surface area contributed by atoms with E-state index in [0.717, 1.165) is 64.4 Å². The Morgan fingerprint density at radius 1 is 1.03 bits per heavy atom. The lowest BCUT2D eigenvalue weighted by Gasteiger charge is -2.33. The third-order valence-corrected chi connectivity index (χ3v) is 6.49. The molecular formula is C25H42FIN4O. The summed E-state index contributed by atoms with van der Waals surface area (Å²) in [7, 11) is 1.84. The van der Waals surface area contributed by atoms with Crippen LogP contribution in [-0.2, 0) is 11.3 Å². The Morgan fingerprint density at radius 3 is 2.38 bits per heavy atom. The van der Waals surface area contributed by atoms with E-state index in [0.29, 0.717) is 12.1 Å². The summed E-state index contributed by atoms with van der Waals surface area (Å²) in [5.74, 6) is 0.736. The van der Waals surface area contributed by atoms with Crippen LogP contribution in [0.15, 0.2) is 29.3 Å². The van der Waals surface area contributed by atoms with Crippen molar-refractivity contribution in [1.82, 2.24) is 15.5 Å². The molecular weight excluding hydrogens is 518 g/mol. The largest absolute Gasteiger partial charge is 0.378 e. The summed E-state index contributed by atoms with van der Waals surface area (Å²) in [6, 6.07) is 7.31. The molecule has 0 unspecified atom stereocenters. The number of unbranched alkanes of at least 4 members (excludes halogenated alkanes) is 1. The first-order valence-electron chi connectivity index (χ1n) is 12.3. The van der Waals surface area contributed by atoms with Crippen LogP contribution in [0.25, 0.3) is 0 Å². The predicted molar refractivity (Wildman–Crippen MR) is 141 cm³/mol. The van der Waals surface area contributed by atoms with Gasteiger partial charge in [-0.05, 0) is 56.2 Å². The van der Waals surface area contributed by atoms with Gasteiger partial charge in [-0.1, -0.05) is 37.8 Å². The van der Waals surface area contributed by atoms with E-state index in [2.05, 4.69) is 20.5 Å². The van der Waals surface area contributed by atoms with E-state index in [1.165, 1.54) is 44.1 Å². The van der Waals surface area contributed by atoms with Gasteiger partial charge in [0.1, 0.15) is 5.82 Å². The number of nitrogens with one attached hydrogen (secondary N) is 2. The van der Waals surface area contributed by atoms with Crippen molar-refractivity contribution in [2.24, 2.45) is 4.99 Å². The van der Waals surface area contributed by atoms with Gasteiger partial charge in [-0.3, -0.25) is 9.89 Å². The average molecular weight is 561 g/mol. The molecule has 1 saturated heterocycles. The van der Waals surface area contributed by atoms with Crippen LogP contribution in [0.3, 0.4) is 0 Å². The van der Waals surface area contributed by atoms with Crippen molar-refractivity contribution in [3.05, 3.63) is 35.6 Å². The first-order chi connectivity index (χ1) is 15.2. The van der Waals surface area contributed by atoms with Gasteiger partial charge in [0, 0.05) is 45.9 Å². The molecule has 1 aromatic carbocycles. The summed E-state index contributed by atoms with van der Waals surface area (Å²) in [5, 5.41) is 7.03. The molecule has 0 atom stereocenters. The Hall–Kier alpha value is -0.930. The number of aliphatic imine (C=N–C) groups is 1. The smallest absolute Gasteiger partial charge is 0.191 e. The second kappa shape index (κ2) is 15.8. The minimum atomic E-state index is -0.169. The van der Waals surface area contributed by atoms with Crippen LogP contribution in [0, 0.1) is 5.82 Å². The molecule has 0 aromatic heterocycles. The topological polar surface area (TPSA) is 48.9 Å². The third kappa shape index (κ3) is 10.3. The third-order valence-electron chi connectivity index (χ3n) is 6.49. The Labute approximate surface area is 211 Å². The molecule has 3 rings (SSSR count). The molecule has 32 heavy (non-hydrogen) atoms. The molecule has 0 radical (unpaired) electrons. The second-order valence-electron chi connectivity index (χ2n) is 9.01. The van der Waals surface area contributed by atoms with E-state index >= 15 is 0 Å². The Kier molecular flexibility index (Phi) is 13.5. The van der Waals surface area contributed by atoms with Crippen LogP contribution in [0.5, 0.6) is 0 Å². The maximum Gasteiger partial charge on any atom is 0.191 e. The van der Waals surface area contributed by atoms with Crippen LogP contribution >= 0.6 is 24.0 Å². The molecule has 0 spiro atoms. The molecule has 1 aromatic rings. The lowest BCUT2D eigenvalue weighted by Crippen LogP contribution is -2.48. The summed E-state index contributed by atoms with van der Waals surface area (Å²) < 4.78 is 19.1. The van der Waals surface area contributed by atoms with Crippen molar-refractivity contribution in [3.63, 3.8) is 0 Å². The number of rotatable bonds is 9. The highest BCUT2D eigenvalue weighted by Crippen LogP contribution is 2.20. The van der Waals surface area contributed by atoms with Gasteiger partial charge in [-0.15, -0.1) is 24.0 Å². The average Bonchev–Trinajstić information content (AvgIpc) is 3.07. The van der Waals surface area contributed by atoms with Gasteiger partial charge in [0.15, 0.2) is 5.96 Å². The number of nitrogens with zero attached hydrogens (tertiary/aromatic N) is 2. The number of hydrogen-bond acceptors (Lipinski definition) is 3. The molecule has 7 heteroatoms. The highest BCUT2D eigenvalue weighted by atomic mass is 127. The van der Waals surface area contributed by atoms with Gasteiger partial charge in [0.05, 0.1) is 6.10 Å².